The molecule has 0 aliphatic rings. The van der Waals surface area contributed by atoms with Gasteiger partial charge in [-0.2, -0.15) is 8.42 Å². The molecule has 1 N–H and O–H groups in total. The fourth-order valence-electron chi connectivity index (χ4n) is 1.22. The molecule has 0 heterocycles. The summed E-state index contributed by atoms with van der Waals surface area (Å²) in [7, 11) is -4.76. The van der Waals surface area contributed by atoms with Gasteiger partial charge in [-0.1, -0.05) is 12.1 Å². The van der Waals surface area contributed by atoms with Crippen LogP contribution in [0.2, 0.25) is 0 Å². The Morgan fingerprint density at radius 2 is 2.06 bits per heavy atom. The molecule has 1 rings (SSSR count). The van der Waals surface area contributed by atoms with Gasteiger partial charge in [-0.15, -0.1) is 0 Å². The van der Waals surface area contributed by atoms with E-state index in [1.807, 2.05) is 0 Å². The fraction of sp³-hybridized carbons (Fsp3) is 0.125. The second-order valence-corrected chi connectivity index (χ2v) is 4.93. The third kappa shape index (κ3) is 3.22. The predicted octanol–water partition coefficient (Wildman–Crippen LogP) is 1.29. The van der Waals surface area contributed by atoms with Gasteiger partial charge in [-0.3, -0.25) is 19.5 Å². The smallest absolute Gasteiger partial charge is 0.280 e. The highest BCUT2D eigenvalue weighted by Gasteiger charge is 2.32. The zero-order valence-electron chi connectivity index (χ0n) is 8.11. The molecule has 1 unspecified atom stereocenters. The van der Waals surface area contributed by atoms with Crippen LogP contribution in [-0.2, 0) is 14.9 Å². The predicted molar refractivity (Wildman–Crippen MR) is 58.2 cm³/mol. The van der Waals surface area contributed by atoms with Crippen LogP contribution in [0.15, 0.2) is 24.3 Å². The third-order valence-corrected chi connectivity index (χ3v) is 3.32. The number of hydrogen-bond donors (Lipinski definition) is 1. The molecule has 7 nitrogen and oxygen atoms in total. The van der Waals surface area contributed by atoms with Gasteiger partial charge in [0.05, 0.1) is 4.92 Å². The Balaban J connectivity index is 3.35. The Morgan fingerprint density at radius 3 is 2.47 bits per heavy atom. The van der Waals surface area contributed by atoms with Crippen LogP contribution in [0, 0.1) is 10.1 Å². The number of benzene rings is 1. The standard InChI is InChI=1S/C8H6ClNO6S/c9-8(11)7(17(14,15)16)5-2-1-3-6(4-5)10(12)13/h1-4,7H,(H,14,15,16). The summed E-state index contributed by atoms with van der Waals surface area (Å²) in [6.07, 6.45) is 0. The lowest BCUT2D eigenvalue weighted by molar-refractivity contribution is -0.384. The van der Waals surface area contributed by atoms with Crippen LogP contribution in [0.3, 0.4) is 0 Å². The van der Waals surface area contributed by atoms with Crippen LogP contribution in [0.5, 0.6) is 0 Å². The van der Waals surface area contributed by atoms with Crippen molar-refractivity contribution < 1.29 is 22.7 Å². The van der Waals surface area contributed by atoms with Gasteiger partial charge in [0.1, 0.15) is 0 Å². The highest BCUT2D eigenvalue weighted by molar-refractivity contribution is 7.87. The zero-order valence-corrected chi connectivity index (χ0v) is 9.68. The molecule has 0 aromatic heterocycles. The maximum absolute atomic E-state index is 10.9. The van der Waals surface area contributed by atoms with Crippen LogP contribution >= 0.6 is 11.6 Å². The van der Waals surface area contributed by atoms with Gasteiger partial charge in [0.25, 0.3) is 15.8 Å². The van der Waals surface area contributed by atoms with E-state index in [4.69, 9.17) is 16.2 Å². The van der Waals surface area contributed by atoms with Crippen LogP contribution in [0.1, 0.15) is 10.8 Å². The van der Waals surface area contributed by atoms with Crippen LogP contribution in [-0.4, -0.2) is 23.1 Å². The summed E-state index contributed by atoms with van der Waals surface area (Å²) in [4.78, 5) is 20.6. The summed E-state index contributed by atoms with van der Waals surface area (Å²) < 4.78 is 30.7. The number of nitro groups is 1. The topological polar surface area (TPSA) is 115 Å². The van der Waals surface area contributed by atoms with E-state index in [1.54, 1.807) is 0 Å². The first-order valence-corrected chi connectivity index (χ1v) is 6.01. The number of rotatable bonds is 4. The van der Waals surface area contributed by atoms with E-state index >= 15 is 0 Å². The SMILES string of the molecule is O=C(Cl)C(c1cccc([N+](=O)[O-])c1)S(=O)(=O)O. The number of nitrogens with zero attached hydrogens (tertiary/aromatic N) is 1. The van der Waals surface area contributed by atoms with Crippen molar-refractivity contribution in [2.24, 2.45) is 0 Å². The molecule has 0 radical (unpaired) electrons. The van der Waals surface area contributed by atoms with Gasteiger partial charge in [0.2, 0.25) is 5.24 Å². The number of nitro benzene ring substituents is 1. The second kappa shape index (κ2) is 4.78. The summed E-state index contributed by atoms with van der Waals surface area (Å²) in [5.41, 5.74) is -0.671. The van der Waals surface area contributed by atoms with Gasteiger partial charge in [0, 0.05) is 12.1 Å². The van der Waals surface area contributed by atoms with Gasteiger partial charge in [0.15, 0.2) is 5.25 Å². The molecule has 0 bridgehead atoms. The van der Waals surface area contributed by atoms with E-state index in [0.29, 0.717) is 0 Å². The Hall–Kier alpha value is -1.51. The minimum absolute atomic E-state index is 0.262. The van der Waals surface area contributed by atoms with Gasteiger partial charge < -0.3 is 0 Å². The maximum atomic E-state index is 10.9. The number of hydrogen-bond acceptors (Lipinski definition) is 5. The third-order valence-electron chi connectivity index (χ3n) is 1.89. The van der Waals surface area contributed by atoms with Crippen molar-refractivity contribution in [3.63, 3.8) is 0 Å². The molecule has 0 aliphatic heterocycles. The average Bonchev–Trinajstić information content (AvgIpc) is 2.15. The molecule has 0 spiro atoms. The lowest BCUT2D eigenvalue weighted by Crippen LogP contribution is -2.18. The van der Waals surface area contributed by atoms with Crippen molar-refractivity contribution >= 4 is 32.6 Å². The lowest BCUT2D eigenvalue weighted by Gasteiger charge is -2.08. The van der Waals surface area contributed by atoms with Crippen molar-refractivity contribution in [3.05, 3.63) is 39.9 Å². The molecule has 0 saturated carbocycles. The Morgan fingerprint density at radius 1 is 1.47 bits per heavy atom. The summed E-state index contributed by atoms with van der Waals surface area (Å²) in [6, 6.07) is 4.30. The van der Waals surface area contributed by atoms with Gasteiger partial charge in [-0.05, 0) is 17.2 Å². The van der Waals surface area contributed by atoms with Crippen molar-refractivity contribution in [1.29, 1.82) is 0 Å². The van der Waals surface area contributed by atoms with E-state index in [0.717, 1.165) is 18.2 Å². The van der Waals surface area contributed by atoms with Crippen molar-refractivity contribution in [2.75, 3.05) is 0 Å². The first-order valence-electron chi connectivity index (χ1n) is 4.13. The van der Waals surface area contributed by atoms with Crippen LogP contribution in [0.4, 0.5) is 5.69 Å². The molecule has 0 aliphatic carbocycles. The quantitative estimate of drug-likeness (QED) is 0.384. The number of non-ortho nitro benzene ring substituents is 1. The first-order chi connectivity index (χ1) is 7.73. The highest BCUT2D eigenvalue weighted by Crippen LogP contribution is 2.27. The number of carbonyl (C=O) groups excluding carboxylic acids is 1. The molecule has 0 amide bonds. The second-order valence-electron chi connectivity index (χ2n) is 3.05. The van der Waals surface area contributed by atoms with Crippen LogP contribution in [0.25, 0.3) is 0 Å². The number of halogens is 1. The fourth-order valence-corrected chi connectivity index (χ4v) is 2.41. The summed E-state index contributed by atoms with van der Waals surface area (Å²) in [5, 5.41) is 7.11. The summed E-state index contributed by atoms with van der Waals surface area (Å²) in [5.74, 6) is 0. The van der Waals surface area contributed by atoms with Gasteiger partial charge >= 0.3 is 0 Å². The Labute approximate surface area is 101 Å². The molecule has 1 aromatic rings. The normalized spacial score (nSPS) is 13.1. The Kier molecular flexibility index (Phi) is 3.81. The molecule has 0 fully saturated rings. The minimum Gasteiger partial charge on any atom is -0.285 e. The molecule has 0 saturated heterocycles. The molecular formula is C8H6ClNO6S. The van der Waals surface area contributed by atoms with E-state index in [-0.39, 0.29) is 5.56 Å². The van der Waals surface area contributed by atoms with E-state index in [2.05, 4.69) is 0 Å². The Bertz CT molecular complexity index is 569. The lowest BCUT2D eigenvalue weighted by atomic mass is 10.1. The monoisotopic (exact) mass is 279 g/mol. The molecule has 92 valence electrons. The van der Waals surface area contributed by atoms with Crippen molar-refractivity contribution in [3.8, 4) is 0 Å². The summed E-state index contributed by atoms with van der Waals surface area (Å²) in [6.45, 7) is 0. The molecule has 1 atom stereocenters. The van der Waals surface area contributed by atoms with E-state index in [1.165, 1.54) is 6.07 Å². The molecular weight excluding hydrogens is 274 g/mol. The summed E-state index contributed by atoms with van der Waals surface area (Å²) >= 11 is 5.05. The highest BCUT2D eigenvalue weighted by atomic mass is 35.5. The van der Waals surface area contributed by atoms with Gasteiger partial charge in [-0.25, -0.2) is 0 Å². The molecule has 9 heteroatoms. The molecule has 1 aromatic carbocycles. The minimum atomic E-state index is -4.76. The number of carbonyl (C=O) groups is 1. The van der Waals surface area contributed by atoms with Crippen LogP contribution < -0.4 is 0 Å². The average molecular weight is 280 g/mol. The maximum Gasteiger partial charge on any atom is 0.280 e. The zero-order chi connectivity index (χ0) is 13.2. The van der Waals surface area contributed by atoms with E-state index < -0.39 is 31.2 Å². The first kappa shape index (κ1) is 13.6. The van der Waals surface area contributed by atoms with Crippen molar-refractivity contribution in [1.82, 2.24) is 0 Å². The molecule has 17 heavy (non-hydrogen) atoms. The van der Waals surface area contributed by atoms with E-state index in [9.17, 15) is 23.3 Å². The van der Waals surface area contributed by atoms with Crippen molar-refractivity contribution in [2.45, 2.75) is 5.25 Å². The largest absolute Gasteiger partial charge is 0.285 e.